The van der Waals surface area contributed by atoms with E-state index in [9.17, 15) is 0 Å². The molecule has 1 aliphatic heterocycles. The fourth-order valence-corrected chi connectivity index (χ4v) is 13.2. The minimum atomic E-state index is 0.0104. The highest BCUT2D eigenvalue weighted by molar-refractivity contribution is 7.25. The van der Waals surface area contributed by atoms with E-state index < -0.39 is 0 Å². The molecule has 3 aromatic heterocycles. The number of fused-ring (bicyclic) bond motifs is 15. The summed E-state index contributed by atoms with van der Waals surface area (Å²) in [4.78, 5) is 11.7. The van der Waals surface area contributed by atoms with Gasteiger partial charge in [0, 0.05) is 70.1 Å². The molecule has 1 aliphatic carbocycles. The van der Waals surface area contributed by atoms with E-state index in [0.717, 1.165) is 85.5 Å². The quantitative estimate of drug-likeness (QED) is 0.174. The van der Waals surface area contributed by atoms with Gasteiger partial charge in [0.25, 0.3) is 0 Å². The van der Waals surface area contributed by atoms with Gasteiger partial charge in [0.1, 0.15) is 11.2 Å². The zero-order valence-electron chi connectivity index (χ0n) is 39.1. The maximum absolute atomic E-state index is 7.20. The number of thiophene rings is 1. The van der Waals surface area contributed by atoms with Crippen molar-refractivity contribution in [3.8, 4) is 11.1 Å². The molecule has 0 bridgehead atoms. The number of nitrogens with zero attached hydrogens (tertiary/aromatic N) is 3. The highest BCUT2D eigenvalue weighted by Gasteiger charge is 2.29. The van der Waals surface area contributed by atoms with Crippen LogP contribution in [0.15, 0.2) is 221 Å². The fourth-order valence-electron chi connectivity index (χ4n) is 12.1. The maximum atomic E-state index is 7.20. The summed E-state index contributed by atoms with van der Waals surface area (Å²) in [7, 11) is 0. The molecule has 0 amide bonds. The van der Waals surface area contributed by atoms with Crippen molar-refractivity contribution in [2.45, 2.75) is 32.1 Å². The van der Waals surface area contributed by atoms with Crippen LogP contribution in [0.2, 0.25) is 0 Å². The Balaban J connectivity index is 0.994. The predicted octanol–water partition coefficient (Wildman–Crippen LogP) is 17.9. The summed E-state index contributed by atoms with van der Waals surface area (Å²) in [6.07, 6.45) is 5.02. The Morgan fingerprint density at radius 3 is 2.06 bits per heavy atom. The largest absolute Gasteiger partial charge is 0.455 e. The lowest BCUT2D eigenvalue weighted by Gasteiger charge is -2.23. The van der Waals surface area contributed by atoms with E-state index in [-0.39, 0.29) is 11.8 Å². The molecule has 0 fully saturated rings. The fraction of sp³-hybridized carbons (Fsp3) is 0.0909. The standard InChI is InChI=1S/C66H45N3OS/c1-39-26-32-57(44-29-33-62-55(36-44)52-22-10-13-25-61(52)71-62)67-66(69-58-23-11-8-20-50(58)51-21-9-12-24-59(51)69)68-64(39)56-37-45(38-60-63(56)53-31-27-40-14-4-5-17-47(40)65(53)70-60)46-30-28-43-34-41-15-2-3-16-42(41)35-54(43)49-19-7-6-18-48(46)49/h2-25,27,29,31-39,46H,26,28,30H2,1H3/b57-32+,67-66?,68-64?. The van der Waals surface area contributed by atoms with Crippen molar-refractivity contribution in [3.63, 3.8) is 0 Å². The minimum absolute atomic E-state index is 0.0104. The third-order valence-corrected chi connectivity index (χ3v) is 16.6. The summed E-state index contributed by atoms with van der Waals surface area (Å²) in [5.41, 5.74) is 14.7. The summed E-state index contributed by atoms with van der Waals surface area (Å²) < 4.78 is 12.1. The molecule has 4 heterocycles. The Labute approximate surface area is 414 Å². The SMILES string of the molecule is CC1C/C=C(\c2ccc3sc4ccccc4c3c2)N=C(n2c3ccccc3c3ccccc32)N=C1c1cc(C2CCc3cc4ccccc4cc3-c3ccccc32)cc2oc3c4ccccc4ccc3c12. The molecule has 2 unspecified atom stereocenters. The van der Waals surface area contributed by atoms with Crippen LogP contribution in [-0.4, -0.2) is 16.2 Å². The van der Waals surface area contributed by atoms with Crippen LogP contribution in [0.5, 0.6) is 0 Å². The number of benzene rings is 10. The van der Waals surface area contributed by atoms with Gasteiger partial charge in [-0.2, -0.15) is 0 Å². The molecule has 2 aliphatic rings. The summed E-state index contributed by atoms with van der Waals surface area (Å²) in [6.45, 7) is 2.34. The Hall–Kier alpha value is -8.38. The molecular weight excluding hydrogens is 883 g/mol. The van der Waals surface area contributed by atoms with Gasteiger partial charge in [0.15, 0.2) is 0 Å². The smallest absolute Gasteiger partial charge is 0.235 e. The Morgan fingerprint density at radius 2 is 1.23 bits per heavy atom. The topological polar surface area (TPSA) is 42.8 Å². The van der Waals surface area contributed by atoms with Gasteiger partial charge in [-0.15, -0.1) is 11.3 Å². The van der Waals surface area contributed by atoms with Crippen LogP contribution in [-0.2, 0) is 6.42 Å². The van der Waals surface area contributed by atoms with E-state index in [0.29, 0.717) is 5.96 Å². The number of allylic oxidation sites excluding steroid dienone is 1. The zero-order chi connectivity index (χ0) is 46.7. The minimum Gasteiger partial charge on any atom is -0.455 e. The summed E-state index contributed by atoms with van der Waals surface area (Å²) in [5.74, 6) is 0.764. The number of para-hydroxylation sites is 2. The highest BCUT2D eigenvalue weighted by atomic mass is 32.1. The van der Waals surface area contributed by atoms with Gasteiger partial charge in [0.05, 0.1) is 22.4 Å². The van der Waals surface area contributed by atoms with Gasteiger partial charge in [-0.3, -0.25) is 4.57 Å². The molecule has 4 nitrogen and oxygen atoms in total. The van der Waals surface area contributed by atoms with E-state index in [1.54, 1.807) is 0 Å². The van der Waals surface area contributed by atoms with Crippen LogP contribution in [0.3, 0.4) is 0 Å². The van der Waals surface area contributed by atoms with Gasteiger partial charge in [0.2, 0.25) is 5.96 Å². The van der Waals surface area contributed by atoms with Crippen LogP contribution in [0.25, 0.3) is 102 Å². The van der Waals surface area contributed by atoms with E-state index in [1.165, 1.54) is 69.5 Å². The van der Waals surface area contributed by atoms with E-state index in [2.05, 4.69) is 218 Å². The number of hydrogen-bond acceptors (Lipinski definition) is 4. The van der Waals surface area contributed by atoms with Crippen LogP contribution >= 0.6 is 11.3 Å². The zero-order valence-corrected chi connectivity index (χ0v) is 39.9. The molecule has 2 atom stereocenters. The molecule has 0 N–H and O–H groups in total. The second-order valence-electron chi connectivity index (χ2n) is 19.6. The van der Waals surface area contributed by atoms with Crippen molar-refractivity contribution in [3.05, 3.63) is 234 Å². The number of aromatic nitrogens is 1. The molecule has 15 rings (SSSR count). The molecule has 0 saturated heterocycles. The first-order valence-corrected chi connectivity index (χ1v) is 25.7. The van der Waals surface area contributed by atoms with Crippen molar-refractivity contribution in [1.29, 1.82) is 0 Å². The van der Waals surface area contributed by atoms with Crippen molar-refractivity contribution >= 4 is 114 Å². The van der Waals surface area contributed by atoms with Crippen molar-refractivity contribution in [1.82, 2.24) is 4.57 Å². The summed E-state index contributed by atoms with van der Waals surface area (Å²) in [6, 6.07) is 73.5. The van der Waals surface area contributed by atoms with Crippen LogP contribution in [0.1, 0.15) is 53.5 Å². The van der Waals surface area contributed by atoms with E-state index in [4.69, 9.17) is 14.4 Å². The first-order chi connectivity index (χ1) is 35.1. The second kappa shape index (κ2) is 15.8. The Morgan fingerprint density at radius 1 is 0.535 bits per heavy atom. The van der Waals surface area contributed by atoms with E-state index in [1.807, 2.05) is 11.3 Å². The molecule has 0 radical (unpaired) electrons. The molecule has 13 aromatic rings. The number of aliphatic imine (C=N–C) groups is 2. The average Bonchev–Trinajstić information content (AvgIpc) is 4.06. The lowest BCUT2D eigenvalue weighted by Crippen LogP contribution is -2.20. The molecule has 336 valence electrons. The average molecular weight is 928 g/mol. The number of rotatable bonds is 3. The first-order valence-electron chi connectivity index (χ1n) is 24.9. The molecule has 0 spiro atoms. The first kappa shape index (κ1) is 40.5. The highest BCUT2D eigenvalue weighted by Crippen LogP contribution is 2.46. The van der Waals surface area contributed by atoms with Crippen molar-refractivity contribution in [2.75, 3.05) is 0 Å². The number of furan rings is 1. The molecular formula is C66H45N3OS. The summed E-state index contributed by atoms with van der Waals surface area (Å²) in [5, 5.41) is 11.9. The Bertz CT molecular complexity index is 4430. The predicted molar refractivity (Wildman–Crippen MR) is 301 cm³/mol. The van der Waals surface area contributed by atoms with Gasteiger partial charge < -0.3 is 4.42 Å². The van der Waals surface area contributed by atoms with E-state index >= 15 is 0 Å². The lowest BCUT2D eigenvalue weighted by molar-refractivity contribution is 0.668. The summed E-state index contributed by atoms with van der Waals surface area (Å²) >= 11 is 1.84. The molecule has 71 heavy (non-hydrogen) atoms. The van der Waals surface area contributed by atoms with Crippen LogP contribution in [0, 0.1) is 5.92 Å². The Kier molecular flexibility index (Phi) is 9.03. The third kappa shape index (κ3) is 6.36. The normalized spacial score (nSPS) is 17.1. The lowest BCUT2D eigenvalue weighted by atomic mass is 9.82. The molecule has 10 aromatic carbocycles. The van der Waals surface area contributed by atoms with Crippen LogP contribution < -0.4 is 0 Å². The van der Waals surface area contributed by atoms with Gasteiger partial charge in [-0.25, -0.2) is 9.98 Å². The van der Waals surface area contributed by atoms with Gasteiger partial charge in [-0.05, 0) is 118 Å². The monoisotopic (exact) mass is 927 g/mol. The maximum Gasteiger partial charge on any atom is 0.235 e. The second-order valence-corrected chi connectivity index (χ2v) is 20.6. The molecule has 0 saturated carbocycles. The third-order valence-electron chi connectivity index (χ3n) is 15.5. The van der Waals surface area contributed by atoms with Crippen molar-refractivity contribution in [2.24, 2.45) is 15.9 Å². The molecule has 5 heteroatoms. The van der Waals surface area contributed by atoms with Gasteiger partial charge in [-0.1, -0.05) is 159 Å². The number of aryl methyl sites for hydroxylation is 1. The number of hydrogen-bond donors (Lipinski definition) is 0. The van der Waals surface area contributed by atoms with Crippen molar-refractivity contribution < 1.29 is 4.42 Å². The van der Waals surface area contributed by atoms with Gasteiger partial charge >= 0.3 is 0 Å². The van der Waals surface area contributed by atoms with Crippen LogP contribution in [0.4, 0.5) is 0 Å².